The van der Waals surface area contributed by atoms with Crippen LogP contribution in [0.5, 0.6) is 0 Å². The van der Waals surface area contributed by atoms with Crippen LogP contribution in [0.25, 0.3) is 0 Å². The summed E-state index contributed by atoms with van der Waals surface area (Å²) in [6.45, 7) is 1.97. The summed E-state index contributed by atoms with van der Waals surface area (Å²) < 4.78 is 0. The normalized spacial score (nSPS) is 33.5. The minimum absolute atomic E-state index is 0.0595. The van der Waals surface area contributed by atoms with Gasteiger partial charge in [0.15, 0.2) is 5.78 Å². The first-order valence-electron chi connectivity index (χ1n) is 9.39. The first kappa shape index (κ1) is 15.8. The van der Waals surface area contributed by atoms with Gasteiger partial charge in [-0.05, 0) is 74.8 Å². The van der Waals surface area contributed by atoms with Gasteiger partial charge in [-0.3, -0.25) is 9.59 Å². The fourth-order valence-corrected chi connectivity index (χ4v) is 5.78. The Morgan fingerprint density at radius 2 is 1.79 bits per heavy atom. The van der Waals surface area contributed by atoms with Gasteiger partial charge in [0.05, 0.1) is 5.56 Å². The molecule has 0 atom stereocenters. The number of carbonyl (C=O) groups is 2. The van der Waals surface area contributed by atoms with Gasteiger partial charge in [-0.25, -0.2) is 4.98 Å². The molecule has 4 aliphatic carbocycles. The van der Waals surface area contributed by atoms with Crippen molar-refractivity contribution in [2.24, 2.45) is 23.2 Å². The third kappa shape index (κ3) is 2.66. The standard InChI is InChI=1S/C20H26N2O2/c1-2-4-17(23)22-19-16(5-3-6-21-19)18(24)20-10-13-7-14(11-20)9-15(8-13)12-20/h3,5-6,13-15H,2,4,7-12H2,1H3,(H,21,22,23). The predicted octanol–water partition coefficient (Wildman–Crippen LogP) is 4.22. The Bertz CT molecular complexity index is 632. The largest absolute Gasteiger partial charge is 0.310 e. The summed E-state index contributed by atoms with van der Waals surface area (Å²) in [5, 5.41) is 2.85. The highest BCUT2D eigenvalue weighted by molar-refractivity contribution is 6.06. The zero-order valence-electron chi connectivity index (χ0n) is 14.4. The molecule has 4 heteroatoms. The van der Waals surface area contributed by atoms with Crippen LogP contribution in [0.2, 0.25) is 0 Å². The number of pyridine rings is 1. The second-order valence-electron chi connectivity index (χ2n) is 8.22. The number of nitrogens with zero attached hydrogens (tertiary/aromatic N) is 1. The van der Waals surface area contributed by atoms with Crippen molar-refractivity contribution in [2.75, 3.05) is 5.32 Å². The summed E-state index contributed by atoms with van der Waals surface area (Å²) in [5.74, 6) is 2.81. The molecule has 5 rings (SSSR count). The molecule has 0 unspecified atom stereocenters. The number of hydrogen-bond acceptors (Lipinski definition) is 3. The molecule has 1 heterocycles. The second-order valence-corrected chi connectivity index (χ2v) is 8.22. The maximum atomic E-state index is 13.5. The topological polar surface area (TPSA) is 59.1 Å². The third-order valence-electron chi connectivity index (χ3n) is 6.31. The van der Waals surface area contributed by atoms with Crippen LogP contribution in [-0.2, 0) is 4.79 Å². The molecule has 0 aliphatic heterocycles. The van der Waals surface area contributed by atoms with E-state index in [4.69, 9.17) is 0 Å². The van der Waals surface area contributed by atoms with Gasteiger partial charge in [0, 0.05) is 18.0 Å². The minimum atomic E-state index is -0.192. The van der Waals surface area contributed by atoms with Gasteiger partial charge >= 0.3 is 0 Å². The van der Waals surface area contributed by atoms with Gasteiger partial charge in [0.1, 0.15) is 5.82 Å². The van der Waals surface area contributed by atoms with Crippen molar-refractivity contribution in [3.8, 4) is 0 Å². The lowest BCUT2D eigenvalue weighted by Crippen LogP contribution is -2.50. The van der Waals surface area contributed by atoms with Gasteiger partial charge in [-0.2, -0.15) is 0 Å². The maximum Gasteiger partial charge on any atom is 0.225 e. The van der Waals surface area contributed by atoms with E-state index in [0.717, 1.165) is 43.4 Å². The first-order chi connectivity index (χ1) is 11.6. The van der Waals surface area contributed by atoms with Gasteiger partial charge in [0.2, 0.25) is 5.91 Å². The average molecular weight is 326 g/mol. The number of ketones is 1. The molecule has 0 spiro atoms. The van der Waals surface area contributed by atoms with Crippen molar-refractivity contribution in [3.05, 3.63) is 23.9 Å². The highest BCUT2D eigenvalue weighted by atomic mass is 16.2. The summed E-state index contributed by atoms with van der Waals surface area (Å²) in [4.78, 5) is 29.7. The van der Waals surface area contributed by atoms with Crippen LogP contribution in [0.3, 0.4) is 0 Å². The molecule has 1 N–H and O–H groups in total. The Morgan fingerprint density at radius 3 is 2.38 bits per heavy atom. The lowest BCUT2D eigenvalue weighted by molar-refractivity contribution is -0.116. The van der Waals surface area contributed by atoms with Crippen molar-refractivity contribution in [1.82, 2.24) is 4.98 Å². The van der Waals surface area contributed by atoms with Crippen LogP contribution >= 0.6 is 0 Å². The van der Waals surface area contributed by atoms with Crippen LogP contribution in [0.1, 0.15) is 68.6 Å². The molecular formula is C20H26N2O2. The number of rotatable bonds is 5. The summed E-state index contributed by atoms with van der Waals surface area (Å²) in [5.41, 5.74) is 0.422. The first-order valence-corrected chi connectivity index (χ1v) is 9.39. The minimum Gasteiger partial charge on any atom is -0.310 e. The molecular weight excluding hydrogens is 300 g/mol. The Hall–Kier alpha value is -1.71. The van der Waals surface area contributed by atoms with E-state index in [9.17, 15) is 9.59 Å². The molecule has 24 heavy (non-hydrogen) atoms. The van der Waals surface area contributed by atoms with Gasteiger partial charge < -0.3 is 5.32 Å². The van der Waals surface area contributed by atoms with Crippen LogP contribution in [0, 0.1) is 23.2 Å². The van der Waals surface area contributed by atoms with Gasteiger partial charge in [-0.1, -0.05) is 6.92 Å². The quantitative estimate of drug-likeness (QED) is 0.824. The van der Waals surface area contributed by atoms with E-state index in [2.05, 4.69) is 10.3 Å². The number of nitrogens with one attached hydrogen (secondary N) is 1. The fourth-order valence-electron chi connectivity index (χ4n) is 5.78. The molecule has 128 valence electrons. The van der Waals surface area contributed by atoms with Gasteiger partial charge in [-0.15, -0.1) is 0 Å². The molecule has 0 radical (unpaired) electrons. The van der Waals surface area contributed by atoms with E-state index in [1.54, 1.807) is 6.20 Å². The van der Waals surface area contributed by atoms with Crippen molar-refractivity contribution in [1.29, 1.82) is 0 Å². The molecule has 0 saturated heterocycles. The van der Waals surface area contributed by atoms with Crippen molar-refractivity contribution in [3.63, 3.8) is 0 Å². The van der Waals surface area contributed by atoms with E-state index >= 15 is 0 Å². The zero-order valence-corrected chi connectivity index (χ0v) is 14.4. The smallest absolute Gasteiger partial charge is 0.225 e. The number of Topliss-reactive ketones (excluding diaryl/α,β-unsaturated/α-hetero) is 1. The second kappa shape index (κ2) is 5.98. The van der Waals surface area contributed by atoms with Crippen LogP contribution in [0.4, 0.5) is 5.82 Å². The molecule has 1 amide bonds. The average Bonchev–Trinajstić information content (AvgIpc) is 2.53. The van der Waals surface area contributed by atoms with E-state index in [1.165, 1.54) is 19.3 Å². The summed E-state index contributed by atoms with van der Waals surface area (Å²) in [6, 6.07) is 3.65. The van der Waals surface area contributed by atoms with E-state index < -0.39 is 0 Å². The van der Waals surface area contributed by atoms with Crippen LogP contribution in [0.15, 0.2) is 18.3 Å². The summed E-state index contributed by atoms with van der Waals surface area (Å²) in [6.07, 6.45) is 9.97. The Labute approximate surface area is 143 Å². The highest BCUT2D eigenvalue weighted by Gasteiger charge is 2.54. The molecule has 0 aromatic carbocycles. The number of hydrogen-bond donors (Lipinski definition) is 1. The lowest BCUT2D eigenvalue weighted by atomic mass is 9.48. The SMILES string of the molecule is CCCC(=O)Nc1ncccc1C(=O)C12CC3CC(CC(C3)C1)C2. The van der Waals surface area contributed by atoms with Crippen molar-refractivity contribution < 1.29 is 9.59 Å². The molecule has 1 aromatic heterocycles. The highest BCUT2D eigenvalue weighted by Crippen LogP contribution is 2.61. The molecule has 4 bridgehead atoms. The molecule has 4 saturated carbocycles. The zero-order chi connectivity index (χ0) is 16.7. The third-order valence-corrected chi connectivity index (χ3v) is 6.31. The molecule has 4 fully saturated rings. The number of carbonyl (C=O) groups excluding carboxylic acids is 2. The lowest BCUT2D eigenvalue weighted by Gasteiger charge is -2.56. The van der Waals surface area contributed by atoms with Crippen molar-refractivity contribution in [2.45, 2.75) is 58.3 Å². The van der Waals surface area contributed by atoms with E-state index in [1.807, 2.05) is 19.1 Å². The maximum absolute atomic E-state index is 13.5. The number of amides is 1. The monoisotopic (exact) mass is 326 g/mol. The number of aromatic nitrogens is 1. The van der Waals surface area contributed by atoms with E-state index in [-0.39, 0.29) is 17.1 Å². The summed E-state index contributed by atoms with van der Waals surface area (Å²) in [7, 11) is 0. The Kier molecular flexibility index (Phi) is 3.93. The summed E-state index contributed by atoms with van der Waals surface area (Å²) >= 11 is 0. The van der Waals surface area contributed by atoms with Gasteiger partial charge in [0.25, 0.3) is 0 Å². The molecule has 1 aromatic rings. The van der Waals surface area contributed by atoms with E-state index in [0.29, 0.717) is 17.8 Å². The fraction of sp³-hybridized carbons (Fsp3) is 0.650. The molecule has 4 nitrogen and oxygen atoms in total. The Balaban J connectivity index is 1.62. The van der Waals surface area contributed by atoms with Crippen molar-refractivity contribution >= 4 is 17.5 Å². The Morgan fingerprint density at radius 1 is 1.17 bits per heavy atom. The predicted molar refractivity (Wildman–Crippen MR) is 92.7 cm³/mol. The van der Waals surface area contributed by atoms with Crippen LogP contribution in [-0.4, -0.2) is 16.7 Å². The van der Waals surface area contributed by atoms with Crippen LogP contribution < -0.4 is 5.32 Å². The number of anilines is 1. The molecule has 4 aliphatic rings.